The second kappa shape index (κ2) is 8.90. The molecule has 2 N–H and O–H groups in total. The van der Waals surface area contributed by atoms with Gasteiger partial charge in [-0.15, -0.1) is 0 Å². The summed E-state index contributed by atoms with van der Waals surface area (Å²) in [6.45, 7) is 8.62. The first-order chi connectivity index (χ1) is 8.27. The van der Waals surface area contributed by atoms with Crippen molar-refractivity contribution in [3.8, 4) is 0 Å². The SMILES string of the molecule is CCCCCCC(N)C1CN(CCC)CCO1. The van der Waals surface area contributed by atoms with Crippen molar-refractivity contribution < 1.29 is 4.74 Å². The van der Waals surface area contributed by atoms with Gasteiger partial charge in [0, 0.05) is 19.1 Å². The Bertz CT molecular complexity index is 185. The molecule has 0 aromatic carbocycles. The van der Waals surface area contributed by atoms with Gasteiger partial charge in [-0.3, -0.25) is 4.90 Å². The van der Waals surface area contributed by atoms with Crippen molar-refractivity contribution in [3.63, 3.8) is 0 Å². The summed E-state index contributed by atoms with van der Waals surface area (Å²) < 4.78 is 5.81. The lowest BCUT2D eigenvalue weighted by atomic mass is 10.0. The third-order valence-corrected chi connectivity index (χ3v) is 3.59. The first-order valence-electron chi connectivity index (χ1n) is 7.37. The molecule has 1 fully saturated rings. The Morgan fingerprint density at radius 3 is 2.76 bits per heavy atom. The van der Waals surface area contributed by atoms with Crippen molar-refractivity contribution in [3.05, 3.63) is 0 Å². The van der Waals surface area contributed by atoms with Crippen LogP contribution >= 0.6 is 0 Å². The fraction of sp³-hybridized carbons (Fsp3) is 1.00. The Balaban J connectivity index is 2.18. The molecule has 3 nitrogen and oxygen atoms in total. The molecule has 0 radical (unpaired) electrons. The third-order valence-electron chi connectivity index (χ3n) is 3.59. The number of rotatable bonds is 8. The number of morpholine rings is 1. The lowest BCUT2D eigenvalue weighted by molar-refractivity contribution is -0.0416. The number of nitrogens with two attached hydrogens (primary N) is 1. The van der Waals surface area contributed by atoms with Crippen LogP contribution in [0.25, 0.3) is 0 Å². The average molecular weight is 242 g/mol. The molecule has 0 saturated carbocycles. The van der Waals surface area contributed by atoms with Gasteiger partial charge in [0.25, 0.3) is 0 Å². The Kier molecular flexibility index (Phi) is 7.82. The van der Waals surface area contributed by atoms with E-state index < -0.39 is 0 Å². The number of hydrogen-bond donors (Lipinski definition) is 1. The standard InChI is InChI=1S/C14H30N2O/c1-3-5-6-7-8-13(15)14-12-16(9-4-2)10-11-17-14/h13-14H,3-12,15H2,1-2H3. The quantitative estimate of drug-likeness (QED) is 0.664. The number of ether oxygens (including phenoxy) is 1. The molecule has 1 aliphatic heterocycles. The van der Waals surface area contributed by atoms with E-state index in [1.165, 1.54) is 38.6 Å². The van der Waals surface area contributed by atoms with Gasteiger partial charge in [-0.25, -0.2) is 0 Å². The molecule has 17 heavy (non-hydrogen) atoms. The van der Waals surface area contributed by atoms with Crippen LogP contribution in [-0.2, 0) is 4.74 Å². The monoisotopic (exact) mass is 242 g/mol. The van der Waals surface area contributed by atoms with Crippen LogP contribution in [0.3, 0.4) is 0 Å². The van der Waals surface area contributed by atoms with E-state index in [2.05, 4.69) is 18.7 Å². The van der Waals surface area contributed by atoms with Gasteiger partial charge in [-0.2, -0.15) is 0 Å². The minimum absolute atomic E-state index is 0.228. The zero-order valence-corrected chi connectivity index (χ0v) is 11.7. The summed E-state index contributed by atoms with van der Waals surface area (Å²) in [4.78, 5) is 2.49. The van der Waals surface area contributed by atoms with E-state index in [4.69, 9.17) is 10.5 Å². The van der Waals surface area contributed by atoms with Gasteiger partial charge in [0.05, 0.1) is 12.7 Å². The molecule has 1 aliphatic rings. The van der Waals surface area contributed by atoms with E-state index in [1.807, 2.05) is 0 Å². The van der Waals surface area contributed by atoms with Gasteiger partial charge >= 0.3 is 0 Å². The van der Waals surface area contributed by atoms with Gasteiger partial charge in [-0.1, -0.05) is 39.5 Å². The molecule has 102 valence electrons. The van der Waals surface area contributed by atoms with Crippen molar-refractivity contribution in [1.82, 2.24) is 4.90 Å². The number of hydrogen-bond acceptors (Lipinski definition) is 3. The van der Waals surface area contributed by atoms with Gasteiger partial charge in [0.15, 0.2) is 0 Å². The fourth-order valence-corrected chi connectivity index (χ4v) is 2.50. The van der Waals surface area contributed by atoms with Crippen LogP contribution in [0.4, 0.5) is 0 Å². The highest BCUT2D eigenvalue weighted by Crippen LogP contribution is 2.13. The van der Waals surface area contributed by atoms with Crippen molar-refractivity contribution in [2.45, 2.75) is 64.5 Å². The van der Waals surface area contributed by atoms with Gasteiger partial charge < -0.3 is 10.5 Å². The van der Waals surface area contributed by atoms with Crippen molar-refractivity contribution >= 4 is 0 Å². The fourth-order valence-electron chi connectivity index (χ4n) is 2.50. The maximum atomic E-state index is 6.24. The first kappa shape index (κ1) is 14.9. The second-order valence-corrected chi connectivity index (χ2v) is 5.22. The first-order valence-corrected chi connectivity index (χ1v) is 7.37. The minimum Gasteiger partial charge on any atom is -0.374 e. The minimum atomic E-state index is 0.228. The molecule has 0 spiro atoms. The van der Waals surface area contributed by atoms with Gasteiger partial charge in [0.2, 0.25) is 0 Å². The highest BCUT2D eigenvalue weighted by molar-refractivity contribution is 4.80. The largest absolute Gasteiger partial charge is 0.374 e. The Hall–Kier alpha value is -0.120. The van der Waals surface area contributed by atoms with Crippen LogP contribution in [0.5, 0.6) is 0 Å². The Morgan fingerprint density at radius 2 is 2.06 bits per heavy atom. The highest BCUT2D eigenvalue weighted by Gasteiger charge is 2.24. The summed E-state index contributed by atoms with van der Waals surface area (Å²) in [5, 5.41) is 0. The van der Waals surface area contributed by atoms with Crippen molar-refractivity contribution in [2.75, 3.05) is 26.2 Å². The molecule has 0 bridgehead atoms. The van der Waals surface area contributed by atoms with Crippen LogP contribution in [0.15, 0.2) is 0 Å². The molecule has 0 aliphatic carbocycles. The van der Waals surface area contributed by atoms with E-state index in [1.54, 1.807) is 0 Å². The predicted molar refractivity (Wildman–Crippen MR) is 73.2 cm³/mol. The smallest absolute Gasteiger partial charge is 0.0853 e. The summed E-state index contributed by atoms with van der Waals surface area (Å²) >= 11 is 0. The highest BCUT2D eigenvalue weighted by atomic mass is 16.5. The summed E-state index contributed by atoms with van der Waals surface area (Å²) in [7, 11) is 0. The lowest BCUT2D eigenvalue weighted by Crippen LogP contribution is -2.50. The van der Waals surface area contributed by atoms with E-state index >= 15 is 0 Å². The van der Waals surface area contributed by atoms with E-state index in [0.717, 1.165) is 26.1 Å². The Labute approximate surface area is 107 Å². The normalized spacial score (nSPS) is 23.8. The van der Waals surface area contributed by atoms with Crippen molar-refractivity contribution in [1.29, 1.82) is 0 Å². The molecular formula is C14H30N2O. The molecule has 1 heterocycles. The van der Waals surface area contributed by atoms with Crippen LogP contribution in [0, 0.1) is 0 Å². The predicted octanol–water partition coefficient (Wildman–Crippen LogP) is 2.39. The summed E-state index contributed by atoms with van der Waals surface area (Å²) in [6.07, 6.45) is 7.79. The summed E-state index contributed by atoms with van der Waals surface area (Å²) in [5.41, 5.74) is 6.24. The average Bonchev–Trinajstić information content (AvgIpc) is 2.35. The number of unbranched alkanes of at least 4 members (excludes halogenated alkanes) is 3. The molecule has 0 amide bonds. The molecule has 2 atom stereocenters. The maximum Gasteiger partial charge on any atom is 0.0853 e. The summed E-state index contributed by atoms with van der Waals surface area (Å²) in [6, 6.07) is 0.228. The third kappa shape index (κ3) is 5.84. The van der Waals surface area contributed by atoms with E-state index in [-0.39, 0.29) is 12.1 Å². The van der Waals surface area contributed by atoms with E-state index in [9.17, 15) is 0 Å². The van der Waals surface area contributed by atoms with Gasteiger partial charge in [-0.05, 0) is 19.4 Å². The molecular weight excluding hydrogens is 212 g/mol. The second-order valence-electron chi connectivity index (χ2n) is 5.22. The summed E-state index contributed by atoms with van der Waals surface area (Å²) in [5.74, 6) is 0. The molecule has 3 heteroatoms. The lowest BCUT2D eigenvalue weighted by Gasteiger charge is -2.35. The molecule has 2 unspecified atom stereocenters. The van der Waals surface area contributed by atoms with Crippen molar-refractivity contribution in [2.24, 2.45) is 5.73 Å². The van der Waals surface area contributed by atoms with E-state index in [0.29, 0.717) is 0 Å². The maximum absolute atomic E-state index is 6.24. The zero-order valence-electron chi connectivity index (χ0n) is 11.7. The topological polar surface area (TPSA) is 38.5 Å². The molecule has 1 rings (SSSR count). The zero-order chi connectivity index (χ0) is 12.5. The number of nitrogens with zero attached hydrogens (tertiary/aromatic N) is 1. The molecule has 0 aromatic heterocycles. The van der Waals surface area contributed by atoms with Gasteiger partial charge in [0.1, 0.15) is 0 Å². The van der Waals surface area contributed by atoms with Crippen LogP contribution in [-0.4, -0.2) is 43.3 Å². The Morgan fingerprint density at radius 1 is 1.24 bits per heavy atom. The molecule has 1 saturated heterocycles. The molecule has 0 aromatic rings. The van der Waals surface area contributed by atoms with Crippen LogP contribution < -0.4 is 5.73 Å². The van der Waals surface area contributed by atoms with Crippen LogP contribution in [0.2, 0.25) is 0 Å². The van der Waals surface area contributed by atoms with Crippen LogP contribution in [0.1, 0.15) is 52.4 Å².